The summed E-state index contributed by atoms with van der Waals surface area (Å²) in [6.07, 6.45) is 0. The first kappa shape index (κ1) is 16.2. The van der Waals surface area contributed by atoms with Crippen molar-refractivity contribution in [3.05, 3.63) is 54.6 Å². The molecule has 0 aliphatic carbocycles. The molecule has 22 heavy (non-hydrogen) atoms. The van der Waals surface area contributed by atoms with Crippen LogP contribution in [0.25, 0.3) is 0 Å². The van der Waals surface area contributed by atoms with E-state index in [2.05, 4.69) is 4.99 Å². The van der Waals surface area contributed by atoms with E-state index in [9.17, 15) is 0 Å². The van der Waals surface area contributed by atoms with Crippen molar-refractivity contribution in [1.29, 1.82) is 0 Å². The van der Waals surface area contributed by atoms with E-state index in [1.807, 2.05) is 61.5 Å². The van der Waals surface area contributed by atoms with Gasteiger partial charge in [-0.1, -0.05) is 30.0 Å². The fraction of sp³-hybridized carbons (Fsp3) is 0.235. The quantitative estimate of drug-likeness (QED) is 0.479. The average molecular weight is 316 g/mol. The molecule has 2 rings (SSSR count). The van der Waals surface area contributed by atoms with Crippen LogP contribution in [0.5, 0.6) is 11.5 Å². The molecule has 2 aromatic rings. The number of nitrogens with two attached hydrogens (primary N) is 1. The Balaban J connectivity index is 1.71. The highest BCUT2D eigenvalue weighted by Crippen LogP contribution is 2.18. The van der Waals surface area contributed by atoms with E-state index >= 15 is 0 Å². The molecule has 2 N–H and O–H groups in total. The molecular formula is C17H20N2O2S. The summed E-state index contributed by atoms with van der Waals surface area (Å²) in [7, 11) is 0. The van der Waals surface area contributed by atoms with Crippen molar-refractivity contribution in [3.8, 4) is 11.5 Å². The van der Waals surface area contributed by atoms with Gasteiger partial charge >= 0.3 is 0 Å². The van der Waals surface area contributed by atoms with E-state index in [1.54, 1.807) is 0 Å². The molecule has 4 nitrogen and oxygen atoms in total. The standard InChI is InChI=1S/C17H20N2O2S/c1-2-20-15-8-10-16(11-9-15)21-12-13-22-17(18)19-14-6-4-3-5-7-14/h3-11H,2,12-13H2,1H3,(H2,18,19). The fourth-order valence-corrected chi connectivity index (χ4v) is 2.31. The second kappa shape index (κ2) is 9.00. The topological polar surface area (TPSA) is 56.8 Å². The minimum atomic E-state index is 0.543. The molecule has 0 atom stereocenters. The van der Waals surface area contributed by atoms with Crippen molar-refractivity contribution >= 4 is 22.6 Å². The minimum absolute atomic E-state index is 0.543. The lowest BCUT2D eigenvalue weighted by atomic mass is 10.3. The van der Waals surface area contributed by atoms with Crippen LogP contribution in [0.1, 0.15) is 6.92 Å². The first-order chi connectivity index (χ1) is 10.8. The minimum Gasteiger partial charge on any atom is -0.494 e. The van der Waals surface area contributed by atoms with Gasteiger partial charge in [-0.2, -0.15) is 0 Å². The van der Waals surface area contributed by atoms with Crippen LogP contribution in [0.4, 0.5) is 5.69 Å². The summed E-state index contributed by atoms with van der Waals surface area (Å²) in [5.41, 5.74) is 6.74. The smallest absolute Gasteiger partial charge is 0.159 e. The Labute approximate surface area is 135 Å². The number of hydrogen-bond acceptors (Lipinski definition) is 4. The Hall–Kier alpha value is -2.14. The molecule has 0 amide bonds. The second-order valence-electron chi connectivity index (χ2n) is 4.39. The van der Waals surface area contributed by atoms with E-state index < -0.39 is 0 Å². The van der Waals surface area contributed by atoms with Gasteiger partial charge in [-0.25, -0.2) is 4.99 Å². The maximum atomic E-state index is 5.88. The van der Waals surface area contributed by atoms with Crippen molar-refractivity contribution in [1.82, 2.24) is 0 Å². The summed E-state index contributed by atoms with van der Waals surface area (Å²) in [6, 6.07) is 17.3. The zero-order valence-corrected chi connectivity index (χ0v) is 13.4. The molecule has 0 saturated heterocycles. The van der Waals surface area contributed by atoms with Gasteiger partial charge in [0.25, 0.3) is 0 Å². The lowest BCUT2D eigenvalue weighted by molar-refractivity contribution is 0.332. The Morgan fingerprint density at radius 2 is 1.64 bits per heavy atom. The molecule has 0 bridgehead atoms. The molecule has 116 valence electrons. The van der Waals surface area contributed by atoms with Crippen molar-refractivity contribution < 1.29 is 9.47 Å². The first-order valence-corrected chi connectivity index (χ1v) is 8.14. The van der Waals surface area contributed by atoms with Crippen LogP contribution in [0.3, 0.4) is 0 Å². The largest absolute Gasteiger partial charge is 0.494 e. The van der Waals surface area contributed by atoms with E-state index in [0.717, 1.165) is 22.9 Å². The number of hydrogen-bond donors (Lipinski definition) is 1. The maximum absolute atomic E-state index is 5.88. The number of thioether (sulfide) groups is 1. The zero-order chi connectivity index (χ0) is 15.6. The Kier molecular flexibility index (Phi) is 6.64. The second-order valence-corrected chi connectivity index (χ2v) is 5.50. The highest BCUT2D eigenvalue weighted by molar-refractivity contribution is 8.13. The summed E-state index contributed by atoms with van der Waals surface area (Å²) >= 11 is 1.48. The molecule has 2 aromatic carbocycles. The van der Waals surface area contributed by atoms with Gasteiger partial charge in [-0.05, 0) is 43.3 Å². The number of amidine groups is 1. The molecule has 0 spiro atoms. The van der Waals surface area contributed by atoms with Crippen molar-refractivity contribution in [2.24, 2.45) is 10.7 Å². The zero-order valence-electron chi connectivity index (χ0n) is 12.6. The molecular weight excluding hydrogens is 296 g/mol. The molecule has 0 heterocycles. The Bertz CT molecular complexity index is 585. The van der Waals surface area contributed by atoms with E-state index in [1.165, 1.54) is 11.8 Å². The number of para-hydroxylation sites is 1. The number of rotatable bonds is 7. The van der Waals surface area contributed by atoms with Gasteiger partial charge in [0, 0.05) is 5.75 Å². The van der Waals surface area contributed by atoms with Gasteiger partial charge in [0.2, 0.25) is 0 Å². The molecule has 0 aromatic heterocycles. The monoisotopic (exact) mass is 316 g/mol. The SMILES string of the molecule is CCOc1ccc(OCCSC(N)=Nc2ccccc2)cc1. The van der Waals surface area contributed by atoms with Crippen molar-refractivity contribution in [3.63, 3.8) is 0 Å². The third kappa shape index (κ3) is 5.69. The highest BCUT2D eigenvalue weighted by Gasteiger charge is 1.98. The summed E-state index contributed by atoms with van der Waals surface area (Å²) in [6.45, 7) is 3.20. The number of aliphatic imine (C=N–C) groups is 1. The van der Waals surface area contributed by atoms with Gasteiger partial charge in [0.1, 0.15) is 11.5 Å². The third-order valence-electron chi connectivity index (χ3n) is 2.73. The maximum Gasteiger partial charge on any atom is 0.159 e. The molecule has 0 saturated carbocycles. The van der Waals surface area contributed by atoms with Crippen LogP contribution < -0.4 is 15.2 Å². The van der Waals surface area contributed by atoms with Gasteiger partial charge in [-0.3, -0.25) is 0 Å². The van der Waals surface area contributed by atoms with Gasteiger partial charge < -0.3 is 15.2 Å². The Morgan fingerprint density at radius 1 is 1.00 bits per heavy atom. The highest BCUT2D eigenvalue weighted by atomic mass is 32.2. The lowest BCUT2D eigenvalue weighted by Crippen LogP contribution is -2.10. The van der Waals surface area contributed by atoms with Crippen LogP contribution in [-0.4, -0.2) is 24.1 Å². The van der Waals surface area contributed by atoms with Crippen LogP contribution >= 0.6 is 11.8 Å². The van der Waals surface area contributed by atoms with Crippen LogP contribution in [0, 0.1) is 0 Å². The van der Waals surface area contributed by atoms with Crippen LogP contribution in [0.15, 0.2) is 59.6 Å². The van der Waals surface area contributed by atoms with E-state index in [0.29, 0.717) is 18.4 Å². The van der Waals surface area contributed by atoms with Gasteiger partial charge in [0.05, 0.1) is 18.9 Å². The summed E-state index contributed by atoms with van der Waals surface area (Å²) in [4.78, 5) is 4.32. The van der Waals surface area contributed by atoms with Crippen molar-refractivity contribution in [2.45, 2.75) is 6.92 Å². The molecule has 5 heteroatoms. The van der Waals surface area contributed by atoms with E-state index in [4.69, 9.17) is 15.2 Å². The van der Waals surface area contributed by atoms with Gasteiger partial charge in [0.15, 0.2) is 5.17 Å². The third-order valence-corrected chi connectivity index (χ3v) is 3.49. The normalized spacial score (nSPS) is 11.2. The number of benzene rings is 2. The predicted molar refractivity (Wildman–Crippen MR) is 93.3 cm³/mol. The average Bonchev–Trinajstić information content (AvgIpc) is 2.54. The predicted octanol–water partition coefficient (Wildman–Crippen LogP) is 3.84. The summed E-state index contributed by atoms with van der Waals surface area (Å²) in [5, 5.41) is 0.543. The molecule has 0 unspecified atom stereocenters. The van der Waals surface area contributed by atoms with Crippen molar-refractivity contribution in [2.75, 3.05) is 19.0 Å². The van der Waals surface area contributed by atoms with Gasteiger partial charge in [-0.15, -0.1) is 0 Å². The summed E-state index contributed by atoms with van der Waals surface area (Å²) < 4.78 is 11.0. The lowest BCUT2D eigenvalue weighted by Gasteiger charge is -2.07. The number of ether oxygens (including phenoxy) is 2. The molecule has 0 radical (unpaired) electrons. The molecule has 0 aliphatic heterocycles. The molecule has 0 fully saturated rings. The van der Waals surface area contributed by atoms with Crippen LogP contribution in [-0.2, 0) is 0 Å². The molecule has 0 aliphatic rings. The number of nitrogens with zero attached hydrogens (tertiary/aromatic N) is 1. The van der Waals surface area contributed by atoms with Crippen LogP contribution in [0.2, 0.25) is 0 Å². The van der Waals surface area contributed by atoms with E-state index in [-0.39, 0.29) is 0 Å². The summed E-state index contributed by atoms with van der Waals surface area (Å²) in [5.74, 6) is 2.42. The Morgan fingerprint density at radius 3 is 2.27 bits per heavy atom. The first-order valence-electron chi connectivity index (χ1n) is 7.15. The fourth-order valence-electron chi connectivity index (χ4n) is 1.77.